The monoisotopic (exact) mass is 322 g/mol. The van der Waals surface area contributed by atoms with E-state index in [0.717, 1.165) is 32.0 Å². The van der Waals surface area contributed by atoms with E-state index >= 15 is 0 Å². The number of primary amides is 1. The summed E-state index contributed by atoms with van der Waals surface area (Å²) in [6.45, 7) is 4.17. The maximum absolute atomic E-state index is 11.4. The van der Waals surface area contributed by atoms with Crippen molar-refractivity contribution in [3.63, 3.8) is 0 Å². The van der Waals surface area contributed by atoms with Gasteiger partial charge in [0.25, 0.3) is 0 Å². The lowest BCUT2D eigenvalue weighted by Gasteiger charge is -2.26. The number of nitrogens with zero attached hydrogens (tertiary/aromatic N) is 3. The normalized spacial score (nSPS) is 23.2. The molecule has 3 heterocycles. The second-order valence-corrected chi connectivity index (χ2v) is 6.95. The molecule has 4 rings (SSSR count). The van der Waals surface area contributed by atoms with Gasteiger partial charge >= 0.3 is 0 Å². The molecule has 1 amide bonds. The van der Waals surface area contributed by atoms with E-state index in [-0.39, 0.29) is 0 Å². The fourth-order valence-corrected chi connectivity index (χ4v) is 4.00. The average Bonchev–Trinajstić information content (AvgIpc) is 3.23. The van der Waals surface area contributed by atoms with Crippen molar-refractivity contribution in [3.8, 4) is 0 Å². The molecule has 2 aliphatic heterocycles. The van der Waals surface area contributed by atoms with E-state index in [0.29, 0.717) is 11.0 Å². The predicted molar refractivity (Wildman–Crippen MR) is 95.3 cm³/mol. The topological polar surface area (TPSA) is 62.5 Å². The zero-order chi connectivity index (χ0) is 16.6. The molecule has 1 aromatic heterocycles. The summed E-state index contributed by atoms with van der Waals surface area (Å²) in [7, 11) is 0. The molecule has 1 unspecified atom stereocenters. The molecule has 5 heteroatoms. The molecule has 0 radical (unpaired) electrons. The molecule has 0 saturated carbocycles. The number of anilines is 2. The van der Waals surface area contributed by atoms with Crippen molar-refractivity contribution >= 4 is 17.4 Å². The number of carbonyl (C=O) groups excluding carboxylic acids is 1. The number of carbonyl (C=O) groups is 1. The molecule has 2 aliphatic rings. The van der Waals surface area contributed by atoms with Gasteiger partial charge in [0.15, 0.2) is 0 Å². The standard InChI is InChI=1S/C19H22N4O/c20-18(24)15-6-9-21-17(12-15)23-11-8-19(14-23)7-10-22(13-19)16-4-2-1-3-5-16/h1-6,9,12H,7-8,10-11,13-14H2,(H2,20,24). The van der Waals surface area contributed by atoms with E-state index in [1.807, 2.05) is 6.07 Å². The summed E-state index contributed by atoms with van der Waals surface area (Å²) in [6.07, 6.45) is 4.04. The fourth-order valence-electron chi connectivity index (χ4n) is 4.00. The number of hydrogen-bond acceptors (Lipinski definition) is 4. The predicted octanol–water partition coefficient (Wildman–Crippen LogP) is 2.29. The zero-order valence-electron chi connectivity index (χ0n) is 13.7. The van der Waals surface area contributed by atoms with Crippen LogP contribution < -0.4 is 15.5 Å². The van der Waals surface area contributed by atoms with Crippen LogP contribution in [0.25, 0.3) is 0 Å². The van der Waals surface area contributed by atoms with Crippen LogP contribution in [0.2, 0.25) is 0 Å². The maximum atomic E-state index is 11.4. The van der Waals surface area contributed by atoms with Gasteiger partial charge in [-0.05, 0) is 37.1 Å². The van der Waals surface area contributed by atoms with E-state index in [9.17, 15) is 4.79 Å². The minimum Gasteiger partial charge on any atom is -0.371 e. The van der Waals surface area contributed by atoms with Gasteiger partial charge in [-0.15, -0.1) is 0 Å². The number of pyridine rings is 1. The summed E-state index contributed by atoms with van der Waals surface area (Å²) in [6, 6.07) is 14.1. The van der Waals surface area contributed by atoms with Gasteiger partial charge < -0.3 is 15.5 Å². The molecule has 5 nitrogen and oxygen atoms in total. The number of benzene rings is 1. The van der Waals surface area contributed by atoms with E-state index in [1.54, 1.807) is 12.3 Å². The Labute approximate surface area is 142 Å². The molecule has 0 aliphatic carbocycles. The Morgan fingerprint density at radius 2 is 1.75 bits per heavy atom. The summed E-state index contributed by atoms with van der Waals surface area (Å²) in [5, 5.41) is 0. The smallest absolute Gasteiger partial charge is 0.248 e. The van der Waals surface area contributed by atoms with Gasteiger partial charge in [0.2, 0.25) is 5.91 Å². The lowest BCUT2D eigenvalue weighted by Crippen LogP contribution is -2.31. The van der Waals surface area contributed by atoms with Gasteiger partial charge in [0.05, 0.1) is 0 Å². The summed E-state index contributed by atoms with van der Waals surface area (Å²) in [5.74, 6) is 0.463. The van der Waals surface area contributed by atoms with Crippen LogP contribution in [-0.2, 0) is 0 Å². The molecule has 2 N–H and O–H groups in total. The summed E-state index contributed by atoms with van der Waals surface area (Å²) < 4.78 is 0. The number of amides is 1. The van der Waals surface area contributed by atoms with Crippen molar-refractivity contribution in [2.45, 2.75) is 12.8 Å². The third-order valence-corrected chi connectivity index (χ3v) is 5.35. The Balaban J connectivity index is 1.49. The minimum absolute atomic E-state index is 0.320. The van der Waals surface area contributed by atoms with Gasteiger partial charge in [-0.3, -0.25) is 4.79 Å². The first-order valence-electron chi connectivity index (χ1n) is 8.46. The summed E-state index contributed by atoms with van der Waals surface area (Å²) in [5.41, 5.74) is 7.54. The van der Waals surface area contributed by atoms with E-state index in [1.165, 1.54) is 18.5 Å². The lowest BCUT2D eigenvalue weighted by atomic mass is 9.86. The SMILES string of the molecule is NC(=O)c1ccnc(N2CCC3(CCN(c4ccccc4)C3)C2)c1. The van der Waals surface area contributed by atoms with Crippen molar-refractivity contribution < 1.29 is 4.79 Å². The molecule has 0 bridgehead atoms. The van der Waals surface area contributed by atoms with Crippen molar-refractivity contribution in [3.05, 3.63) is 54.2 Å². The molecule has 24 heavy (non-hydrogen) atoms. The van der Waals surface area contributed by atoms with Crippen LogP contribution in [0.15, 0.2) is 48.7 Å². The molecule has 1 spiro atoms. The Hall–Kier alpha value is -2.56. The van der Waals surface area contributed by atoms with E-state index in [4.69, 9.17) is 5.73 Å². The molecule has 1 atom stereocenters. The highest BCUT2D eigenvalue weighted by molar-refractivity contribution is 5.93. The highest BCUT2D eigenvalue weighted by Crippen LogP contribution is 2.42. The van der Waals surface area contributed by atoms with Crippen LogP contribution in [0.5, 0.6) is 0 Å². The van der Waals surface area contributed by atoms with Crippen molar-refractivity contribution in [2.24, 2.45) is 11.1 Å². The van der Waals surface area contributed by atoms with E-state index < -0.39 is 5.91 Å². The Kier molecular flexibility index (Phi) is 3.63. The molecular weight excluding hydrogens is 300 g/mol. The van der Waals surface area contributed by atoms with Crippen LogP contribution in [0.3, 0.4) is 0 Å². The average molecular weight is 322 g/mol. The first-order valence-corrected chi connectivity index (χ1v) is 8.46. The molecule has 124 valence electrons. The lowest BCUT2D eigenvalue weighted by molar-refractivity contribution is 0.1000. The Morgan fingerprint density at radius 3 is 2.50 bits per heavy atom. The largest absolute Gasteiger partial charge is 0.371 e. The first kappa shape index (κ1) is 15.0. The highest BCUT2D eigenvalue weighted by Gasteiger charge is 2.43. The Morgan fingerprint density at radius 1 is 1.04 bits per heavy atom. The van der Waals surface area contributed by atoms with Crippen LogP contribution >= 0.6 is 0 Å². The van der Waals surface area contributed by atoms with Crippen LogP contribution in [-0.4, -0.2) is 37.1 Å². The zero-order valence-corrected chi connectivity index (χ0v) is 13.7. The maximum Gasteiger partial charge on any atom is 0.248 e. The number of rotatable bonds is 3. The third-order valence-electron chi connectivity index (χ3n) is 5.35. The molecule has 1 aromatic carbocycles. The van der Waals surface area contributed by atoms with Gasteiger partial charge in [-0.25, -0.2) is 4.98 Å². The van der Waals surface area contributed by atoms with Crippen molar-refractivity contribution in [1.29, 1.82) is 0 Å². The number of para-hydroxylation sites is 1. The minimum atomic E-state index is -0.399. The third kappa shape index (κ3) is 2.70. The van der Waals surface area contributed by atoms with Crippen LogP contribution in [0.1, 0.15) is 23.2 Å². The number of hydrogen-bond donors (Lipinski definition) is 1. The molecular formula is C19H22N4O. The quantitative estimate of drug-likeness (QED) is 0.942. The van der Waals surface area contributed by atoms with Crippen molar-refractivity contribution in [1.82, 2.24) is 4.98 Å². The Bertz CT molecular complexity index is 748. The fraction of sp³-hybridized carbons (Fsp3) is 0.368. The number of nitrogens with two attached hydrogens (primary N) is 1. The molecule has 2 fully saturated rings. The van der Waals surface area contributed by atoms with Crippen LogP contribution in [0.4, 0.5) is 11.5 Å². The molecule has 2 saturated heterocycles. The highest BCUT2D eigenvalue weighted by atomic mass is 16.1. The summed E-state index contributed by atoms with van der Waals surface area (Å²) >= 11 is 0. The second kappa shape index (κ2) is 5.82. The van der Waals surface area contributed by atoms with Gasteiger partial charge in [0, 0.05) is 49.0 Å². The van der Waals surface area contributed by atoms with Crippen molar-refractivity contribution in [2.75, 3.05) is 36.0 Å². The van der Waals surface area contributed by atoms with E-state index in [2.05, 4.69) is 45.1 Å². The summed E-state index contributed by atoms with van der Waals surface area (Å²) in [4.78, 5) is 20.6. The molecule has 2 aromatic rings. The first-order chi connectivity index (χ1) is 11.7. The second-order valence-electron chi connectivity index (χ2n) is 6.95. The van der Waals surface area contributed by atoms with Gasteiger partial charge in [-0.1, -0.05) is 18.2 Å². The van der Waals surface area contributed by atoms with Gasteiger partial charge in [-0.2, -0.15) is 0 Å². The van der Waals surface area contributed by atoms with Gasteiger partial charge in [0.1, 0.15) is 5.82 Å². The number of aromatic nitrogens is 1. The van der Waals surface area contributed by atoms with Crippen LogP contribution in [0, 0.1) is 5.41 Å².